The van der Waals surface area contributed by atoms with Gasteiger partial charge in [-0.05, 0) is 140 Å². The minimum Gasteiger partial charge on any atom is -0.497 e. The first-order valence-corrected chi connectivity index (χ1v) is 29.5. The normalized spacial score (nSPS) is 17.4. The van der Waals surface area contributed by atoms with Gasteiger partial charge in [-0.2, -0.15) is 0 Å². The maximum atomic E-state index is 14.5. The molecular weight excluding hydrogens is 1150 g/mol. The number of para-hydroxylation sites is 2. The lowest BCUT2D eigenvalue weighted by Gasteiger charge is -2.39. The van der Waals surface area contributed by atoms with E-state index in [-0.39, 0.29) is 35.7 Å². The standard InChI is InChI=1S/C36H34Cl3N3O3.C28H26Cl3N3O2/c1-3-40-18-17-24(13-16-34(40)43)25-19-28(27-7-4-5-8-30(27)37)29-22-41(21-23-11-14-26(45-2)15-12-23)36(44)42(33(29)20-25)35-31(38)9-6-10-32(35)39;1-2-33-13-12-17(10-11-26(33)35)18-14-20(19-6-3-4-7-22(19)29)21-16-32-28(36)34(25(21)15-18)27-23(30)8-5-9-24(27)31/h4-12,14-15,19-20,24H,3,13,16-18,21-22H2,1-2H3;3-9,14-15,17H,2,10-13,16H2,1H3,(H,32,36). The van der Waals surface area contributed by atoms with Crippen molar-refractivity contribution in [1.82, 2.24) is 20.0 Å². The monoisotopic (exact) mass is 1200 g/mol. The molecule has 4 aliphatic heterocycles. The van der Waals surface area contributed by atoms with Crippen molar-refractivity contribution in [2.75, 3.05) is 43.1 Å². The molecule has 2 saturated heterocycles. The molecule has 11 nitrogen and oxygen atoms in total. The number of rotatable bonds is 11. The molecule has 6 amide bonds. The van der Waals surface area contributed by atoms with Crippen LogP contribution in [0.5, 0.6) is 5.75 Å². The van der Waals surface area contributed by atoms with Gasteiger partial charge in [0.15, 0.2) is 0 Å². The molecule has 0 saturated carbocycles. The van der Waals surface area contributed by atoms with Crippen molar-refractivity contribution in [3.8, 4) is 28.0 Å². The van der Waals surface area contributed by atoms with Crippen LogP contribution in [0.25, 0.3) is 22.3 Å². The van der Waals surface area contributed by atoms with Crippen LogP contribution < -0.4 is 19.9 Å². The van der Waals surface area contributed by atoms with Crippen LogP contribution in [0.1, 0.15) is 92.0 Å². The molecule has 0 radical (unpaired) electrons. The van der Waals surface area contributed by atoms with E-state index < -0.39 is 0 Å². The van der Waals surface area contributed by atoms with E-state index in [2.05, 4.69) is 29.6 Å². The summed E-state index contributed by atoms with van der Waals surface area (Å²) in [6.07, 6.45) is 4.11. The van der Waals surface area contributed by atoms with Gasteiger partial charge in [-0.1, -0.05) is 142 Å². The fourth-order valence-corrected chi connectivity index (χ4v) is 13.2. The van der Waals surface area contributed by atoms with Crippen LogP contribution >= 0.6 is 69.6 Å². The molecule has 2 atom stereocenters. The maximum Gasteiger partial charge on any atom is 0.329 e. The second-order valence-corrected chi connectivity index (χ2v) is 23.0. The Balaban J connectivity index is 0.000000186. The van der Waals surface area contributed by atoms with E-state index in [1.54, 1.807) is 58.2 Å². The molecule has 0 spiro atoms. The lowest BCUT2D eigenvalue weighted by molar-refractivity contribution is -0.131. The van der Waals surface area contributed by atoms with Crippen molar-refractivity contribution in [2.24, 2.45) is 0 Å². The Morgan fingerprint density at radius 3 is 1.44 bits per heavy atom. The number of nitrogens with one attached hydrogen (secondary N) is 1. The van der Waals surface area contributed by atoms with Gasteiger partial charge in [0.25, 0.3) is 0 Å². The first kappa shape index (κ1) is 57.8. The lowest BCUT2D eigenvalue weighted by Crippen LogP contribution is -2.44. The molecule has 17 heteroatoms. The number of benzene rings is 7. The molecule has 418 valence electrons. The van der Waals surface area contributed by atoms with E-state index in [0.717, 1.165) is 92.9 Å². The number of anilines is 4. The Morgan fingerprint density at radius 2 is 0.963 bits per heavy atom. The highest BCUT2D eigenvalue weighted by Gasteiger charge is 2.38. The Hall–Kier alpha value is -6.44. The van der Waals surface area contributed by atoms with Crippen molar-refractivity contribution in [3.05, 3.63) is 191 Å². The molecule has 0 aromatic heterocycles. The minimum absolute atomic E-state index is 0.119. The predicted molar refractivity (Wildman–Crippen MR) is 329 cm³/mol. The number of amides is 6. The molecule has 81 heavy (non-hydrogen) atoms. The van der Waals surface area contributed by atoms with E-state index in [1.165, 1.54) is 0 Å². The summed E-state index contributed by atoms with van der Waals surface area (Å²) >= 11 is 40.2. The SMILES string of the molecule is CCN1CCC(c2cc(-c3ccccc3Cl)c3c(c2)N(c2c(Cl)cccc2Cl)C(=O)N(Cc2ccc(OC)cc2)C3)CCC1=O.CCN1CCC(c2cc(-c3ccccc3Cl)c3c(c2)N(c2c(Cl)cccc2Cl)C(=O)NC3)CCC1=O. The molecule has 7 aromatic carbocycles. The fourth-order valence-electron chi connectivity index (χ4n) is 11.6. The summed E-state index contributed by atoms with van der Waals surface area (Å²) in [4.78, 5) is 62.0. The number of ether oxygens (including phenoxy) is 1. The molecule has 4 heterocycles. The molecule has 0 aliphatic carbocycles. The summed E-state index contributed by atoms with van der Waals surface area (Å²) in [7, 11) is 1.63. The Labute approximate surface area is 503 Å². The predicted octanol–water partition coefficient (Wildman–Crippen LogP) is 17.5. The van der Waals surface area contributed by atoms with E-state index in [0.29, 0.717) is 100 Å². The second-order valence-electron chi connectivity index (χ2n) is 20.5. The van der Waals surface area contributed by atoms with Gasteiger partial charge in [0.05, 0.1) is 56.5 Å². The lowest BCUT2D eigenvalue weighted by atomic mass is 9.86. The van der Waals surface area contributed by atoms with Crippen LogP contribution in [0.2, 0.25) is 30.1 Å². The topological polar surface area (TPSA) is 106 Å². The van der Waals surface area contributed by atoms with Crippen LogP contribution in [-0.4, -0.2) is 71.9 Å². The van der Waals surface area contributed by atoms with E-state index >= 15 is 0 Å². The highest BCUT2D eigenvalue weighted by atomic mass is 35.5. The zero-order chi connectivity index (χ0) is 57.1. The number of carbonyl (C=O) groups excluding carboxylic acids is 4. The zero-order valence-corrected chi connectivity index (χ0v) is 49.6. The highest BCUT2D eigenvalue weighted by Crippen LogP contribution is 2.50. The molecule has 11 rings (SSSR count). The molecule has 7 aromatic rings. The van der Waals surface area contributed by atoms with Crippen LogP contribution in [0.4, 0.5) is 32.3 Å². The largest absolute Gasteiger partial charge is 0.497 e. The Morgan fingerprint density at radius 1 is 0.506 bits per heavy atom. The number of methoxy groups -OCH3 is 1. The molecule has 0 bridgehead atoms. The number of nitrogens with zero attached hydrogens (tertiary/aromatic N) is 5. The number of carbonyl (C=O) groups is 4. The van der Waals surface area contributed by atoms with Gasteiger partial charge in [-0.15, -0.1) is 0 Å². The highest BCUT2D eigenvalue weighted by molar-refractivity contribution is 6.41. The van der Waals surface area contributed by atoms with Crippen LogP contribution in [-0.2, 0) is 29.2 Å². The molecular formula is C64H60Cl6N6O5. The Kier molecular flexibility index (Phi) is 18.1. The quantitative estimate of drug-likeness (QED) is 0.139. The van der Waals surface area contributed by atoms with Crippen molar-refractivity contribution >= 4 is 116 Å². The fraction of sp³-hybridized carbons (Fsp3) is 0.281. The van der Waals surface area contributed by atoms with Crippen LogP contribution in [0.3, 0.4) is 0 Å². The summed E-state index contributed by atoms with van der Waals surface area (Å²) in [5.41, 5.74) is 10.9. The number of hydrogen-bond donors (Lipinski definition) is 1. The molecule has 2 fully saturated rings. The second kappa shape index (κ2) is 25.4. The number of hydrogen-bond acceptors (Lipinski definition) is 5. The van der Waals surface area contributed by atoms with E-state index in [1.807, 2.05) is 96.4 Å². The average Bonchev–Trinajstić information content (AvgIpc) is 3.80. The van der Waals surface area contributed by atoms with Gasteiger partial charge in [0.1, 0.15) is 5.75 Å². The average molecular weight is 1210 g/mol. The smallest absolute Gasteiger partial charge is 0.329 e. The van der Waals surface area contributed by atoms with E-state index in [4.69, 9.17) is 74.3 Å². The van der Waals surface area contributed by atoms with Gasteiger partial charge in [0, 0.05) is 84.4 Å². The van der Waals surface area contributed by atoms with Gasteiger partial charge >= 0.3 is 12.1 Å². The third-order valence-electron chi connectivity index (χ3n) is 15.9. The summed E-state index contributed by atoms with van der Waals surface area (Å²) in [5.74, 6) is 1.39. The zero-order valence-electron chi connectivity index (χ0n) is 45.1. The summed E-state index contributed by atoms with van der Waals surface area (Å²) in [6.45, 7) is 7.89. The molecule has 2 unspecified atom stereocenters. The van der Waals surface area contributed by atoms with Gasteiger partial charge in [0.2, 0.25) is 11.8 Å². The first-order chi connectivity index (χ1) is 39.2. The summed E-state index contributed by atoms with van der Waals surface area (Å²) in [5, 5.41) is 5.73. The van der Waals surface area contributed by atoms with Crippen LogP contribution in [0.15, 0.2) is 133 Å². The third kappa shape index (κ3) is 12.1. The summed E-state index contributed by atoms with van der Waals surface area (Å²) < 4.78 is 5.34. The van der Waals surface area contributed by atoms with Gasteiger partial charge in [-0.25, -0.2) is 9.59 Å². The minimum atomic E-state index is -0.298. The van der Waals surface area contributed by atoms with Gasteiger partial charge in [-0.3, -0.25) is 19.4 Å². The maximum absolute atomic E-state index is 14.5. The number of fused-ring (bicyclic) bond motifs is 2. The third-order valence-corrected chi connectivity index (χ3v) is 17.8. The molecule has 4 aliphatic rings. The number of urea groups is 2. The molecule has 1 N–H and O–H groups in total. The van der Waals surface area contributed by atoms with E-state index in [9.17, 15) is 19.2 Å². The number of likely N-dealkylation sites (tertiary alicyclic amines) is 2. The Bertz CT molecular complexity index is 3500. The number of halogens is 6. The van der Waals surface area contributed by atoms with Gasteiger partial charge < -0.3 is 24.8 Å². The van der Waals surface area contributed by atoms with Crippen molar-refractivity contribution < 1.29 is 23.9 Å². The van der Waals surface area contributed by atoms with Crippen molar-refractivity contribution in [1.29, 1.82) is 0 Å². The summed E-state index contributed by atoms with van der Waals surface area (Å²) in [6, 6.07) is 41.6. The van der Waals surface area contributed by atoms with Crippen molar-refractivity contribution in [3.63, 3.8) is 0 Å². The first-order valence-electron chi connectivity index (χ1n) is 27.2. The van der Waals surface area contributed by atoms with Crippen LogP contribution in [0, 0.1) is 0 Å². The van der Waals surface area contributed by atoms with Crippen molar-refractivity contribution in [2.45, 2.75) is 83.8 Å².